The van der Waals surface area contributed by atoms with Gasteiger partial charge in [-0.3, -0.25) is 0 Å². The second-order valence-electron chi connectivity index (χ2n) is 5.59. The standard InChI is InChI=1S/C18H16O4/c1-9-6-15(12-4-10(2)18(21)11(3)5-12)22-16-8-13(19)7-14(20)17(9)16/h4-8H,1-3H3,(H2-,19,20,21)/p+1. The molecule has 3 N–H and O–H groups in total. The molecule has 1 heterocycles. The maximum Gasteiger partial charge on any atom is 0.368 e. The number of aryl methyl sites for hydroxylation is 3. The average molecular weight is 297 g/mol. The van der Waals surface area contributed by atoms with Crippen molar-refractivity contribution in [3.8, 4) is 28.6 Å². The van der Waals surface area contributed by atoms with Gasteiger partial charge in [-0.2, -0.15) is 0 Å². The summed E-state index contributed by atoms with van der Waals surface area (Å²) in [6.45, 7) is 5.53. The third-order valence-electron chi connectivity index (χ3n) is 3.80. The van der Waals surface area contributed by atoms with Crippen molar-refractivity contribution in [2.24, 2.45) is 0 Å². The molecule has 0 unspecified atom stereocenters. The van der Waals surface area contributed by atoms with E-state index in [1.54, 1.807) is 0 Å². The molecule has 0 aliphatic carbocycles. The van der Waals surface area contributed by atoms with Crippen LogP contribution in [0.4, 0.5) is 0 Å². The zero-order valence-electron chi connectivity index (χ0n) is 12.6. The third kappa shape index (κ3) is 2.22. The zero-order chi connectivity index (χ0) is 16.0. The Kier molecular flexibility index (Phi) is 3.17. The fraction of sp³-hybridized carbons (Fsp3) is 0.167. The van der Waals surface area contributed by atoms with Crippen molar-refractivity contribution in [2.45, 2.75) is 20.8 Å². The summed E-state index contributed by atoms with van der Waals surface area (Å²) >= 11 is 0. The fourth-order valence-corrected chi connectivity index (χ4v) is 2.72. The zero-order valence-corrected chi connectivity index (χ0v) is 12.6. The first-order valence-corrected chi connectivity index (χ1v) is 6.97. The second-order valence-corrected chi connectivity index (χ2v) is 5.59. The molecule has 0 aliphatic heterocycles. The van der Waals surface area contributed by atoms with E-state index in [9.17, 15) is 15.3 Å². The Balaban J connectivity index is 2.29. The molecule has 4 heteroatoms. The van der Waals surface area contributed by atoms with Gasteiger partial charge in [-0.05, 0) is 49.6 Å². The molecule has 1 aromatic heterocycles. The maximum atomic E-state index is 9.97. The highest BCUT2D eigenvalue weighted by Gasteiger charge is 2.21. The summed E-state index contributed by atoms with van der Waals surface area (Å²) in [4.78, 5) is 0. The number of fused-ring (bicyclic) bond motifs is 1. The minimum absolute atomic E-state index is 0.0131. The molecule has 112 valence electrons. The van der Waals surface area contributed by atoms with Crippen molar-refractivity contribution in [1.29, 1.82) is 0 Å². The average Bonchev–Trinajstić information content (AvgIpc) is 2.42. The van der Waals surface area contributed by atoms with Crippen LogP contribution in [0, 0.1) is 20.8 Å². The van der Waals surface area contributed by atoms with Gasteiger partial charge in [-0.15, -0.1) is 0 Å². The van der Waals surface area contributed by atoms with Crippen molar-refractivity contribution in [2.75, 3.05) is 0 Å². The van der Waals surface area contributed by atoms with E-state index in [4.69, 9.17) is 4.42 Å². The van der Waals surface area contributed by atoms with Gasteiger partial charge in [0.2, 0.25) is 0 Å². The lowest BCUT2D eigenvalue weighted by Crippen LogP contribution is -1.88. The molecule has 0 bridgehead atoms. The van der Waals surface area contributed by atoms with Crippen molar-refractivity contribution in [3.63, 3.8) is 0 Å². The molecule has 0 fully saturated rings. The van der Waals surface area contributed by atoms with Gasteiger partial charge in [-0.25, -0.2) is 4.42 Å². The molecule has 0 spiro atoms. The van der Waals surface area contributed by atoms with E-state index in [0.717, 1.165) is 22.3 Å². The highest BCUT2D eigenvalue weighted by molar-refractivity contribution is 5.89. The first kappa shape index (κ1) is 14.2. The second kappa shape index (κ2) is 4.91. The molecule has 0 atom stereocenters. The number of hydrogen-bond acceptors (Lipinski definition) is 3. The summed E-state index contributed by atoms with van der Waals surface area (Å²) in [5.74, 6) is 0.821. The lowest BCUT2D eigenvalue weighted by atomic mass is 10.0. The van der Waals surface area contributed by atoms with E-state index < -0.39 is 0 Å². The van der Waals surface area contributed by atoms with Crippen LogP contribution in [-0.2, 0) is 0 Å². The minimum Gasteiger partial charge on any atom is -0.507 e. The Bertz CT molecular complexity index is 874. The van der Waals surface area contributed by atoms with Crippen LogP contribution in [0.25, 0.3) is 22.3 Å². The Hall–Kier alpha value is -2.75. The third-order valence-corrected chi connectivity index (χ3v) is 3.80. The smallest absolute Gasteiger partial charge is 0.368 e. The van der Waals surface area contributed by atoms with Crippen LogP contribution in [-0.4, -0.2) is 15.3 Å². The maximum absolute atomic E-state index is 9.97. The van der Waals surface area contributed by atoms with E-state index in [0.29, 0.717) is 16.7 Å². The number of benzene rings is 2. The summed E-state index contributed by atoms with van der Waals surface area (Å²) in [5.41, 5.74) is 3.62. The van der Waals surface area contributed by atoms with Gasteiger partial charge in [0.05, 0.1) is 11.6 Å². The number of hydrogen-bond donors (Lipinski definition) is 3. The highest BCUT2D eigenvalue weighted by atomic mass is 16.3. The molecule has 4 nitrogen and oxygen atoms in total. The molecule has 0 aliphatic rings. The monoisotopic (exact) mass is 297 g/mol. The molecular formula is C18H17O4+. The van der Waals surface area contributed by atoms with Gasteiger partial charge >= 0.3 is 11.3 Å². The molecule has 2 aromatic carbocycles. The van der Waals surface area contributed by atoms with Crippen LogP contribution in [0.5, 0.6) is 17.2 Å². The Morgan fingerprint density at radius 1 is 0.773 bits per heavy atom. The minimum atomic E-state index is -0.0524. The first-order valence-electron chi connectivity index (χ1n) is 6.97. The Morgan fingerprint density at radius 3 is 2.05 bits per heavy atom. The lowest BCUT2D eigenvalue weighted by molar-refractivity contribution is 0.452. The summed E-state index contributed by atoms with van der Waals surface area (Å²) in [6.07, 6.45) is 0. The van der Waals surface area contributed by atoms with Crippen LogP contribution < -0.4 is 0 Å². The van der Waals surface area contributed by atoms with Gasteiger partial charge in [0.15, 0.2) is 0 Å². The van der Waals surface area contributed by atoms with Gasteiger partial charge in [0.25, 0.3) is 0 Å². The van der Waals surface area contributed by atoms with E-state index in [1.165, 1.54) is 12.1 Å². The molecule has 3 rings (SSSR count). The summed E-state index contributed by atoms with van der Waals surface area (Å²) in [6, 6.07) is 8.29. The lowest BCUT2D eigenvalue weighted by Gasteiger charge is -2.05. The molecule has 0 saturated heterocycles. The van der Waals surface area contributed by atoms with Crippen LogP contribution >= 0.6 is 0 Å². The summed E-state index contributed by atoms with van der Waals surface area (Å²) < 4.78 is 5.84. The van der Waals surface area contributed by atoms with Gasteiger partial charge in [0, 0.05) is 12.1 Å². The number of phenolic OH excluding ortho intramolecular Hbond substituents is 3. The molecule has 0 radical (unpaired) electrons. The van der Waals surface area contributed by atoms with Crippen molar-refractivity contribution in [3.05, 3.63) is 47.0 Å². The fourth-order valence-electron chi connectivity index (χ4n) is 2.72. The van der Waals surface area contributed by atoms with Crippen LogP contribution in [0.15, 0.2) is 34.7 Å². The van der Waals surface area contributed by atoms with Crippen molar-refractivity contribution >= 4 is 11.0 Å². The van der Waals surface area contributed by atoms with Gasteiger partial charge < -0.3 is 15.3 Å². The number of aromatic hydroxyl groups is 3. The predicted octanol–water partition coefficient (Wildman–Crippen LogP) is 4.42. The molecule has 0 amide bonds. The van der Waals surface area contributed by atoms with Crippen LogP contribution in [0.1, 0.15) is 16.7 Å². The summed E-state index contributed by atoms with van der Waals surface area (Å²) in [7, 11) is 0. The van der Waals surface area contributed by atoms with E-state index in [2.05, 4.69) is 0 Å². The highest BCUT2D eigenvalue weighted by Crippen LogP contribution is 2.37. The molecular weight excluding hydrogens is 280 g/mol. The normalized spacial score (nSPS) is 11.0. The van der Waals surface area contributed by atoms with Gasteiger partial charge in [0.1, 0.15) is 22.6 Å². The molecule has 22 heavy (non-hydrogen) atoms. The predicted molar refractivity (Wildman–Crippen MR) is 85.3 cm³/mol. The summed E-state index contributed by atoms with van der Waals surface area (Å²) in [5, 5.41) is 30.1. The van der Waals surface area contributed by atoms with E-state index in [-0.39, 0.29) is 17.2 Å². The topological polar surface area (TPSA) is 72.0 Å². The number of phenols is 3. The molecule has 0 saturated carbocycles. The quantitative estimate of drug-likeness (QED) is 0.581. The first-order chi connectivity index (χ1) is 10.4. The number of rotatable bonds is 1. The van der Waals surface area contributed by atoms with E-state index >= 15 is 0 Å². The largest absolute Gasteiger partial charge is 0.507 e. The SMILES string of the molecule is Cc1cc(-c2cc(C)c3c(O)cc(O)cc3[o+]2)cc(C)c1O. The van der Waals surface area contributed by atoms with Crippen molar-refractivity contribution in [1.82, 2.24) is 0 Å². The van der Waals surface area contributed by atoms with Crippen molar-refractivity contribution < 1.29 is 19.7 Å². The van der Waals surface area contributed by atoms with Crippen LogP contribution in [0.2, 0.25) is 0 Å². The van der Waals surface area contributed by atoms with Crippen LogP contribution in [0.3, 0.4) is 0 Å². The molecule has 3 aromatic rings. The van der Waals surface area contributed by atoms with E-state index in [1.807, 2.05) is 39.0 Å². The Labute approximate surface area is 127 Å². The van der Waals surface area contributed by atoms with Gasteiger partial charge in [-0.1, -0.05) is 0 Å². The Morgan fingerprint density at radius 2 is 1.41 bits per heavy atom.